The first kappa shape index (κ1) is 18.6. The number of nitrogens with zero attached hydrogens (tertiary/aromatic N) is 1. The molecule has 1 aliphatic rings. The van der Waals surface area contributed by atoms with Gasteiger partial charge in [0.05, 0.1) is 5.69 Å². The molecular weight excluding hydrogens is 358 g/mol. The first-order chi connectivity index (χ1) is 13.0. The van der Waals surface area contributed by atoms with Crippen molar-refractivity contribution in [1.82, 2.24) is 5.32 Å². The van der Waals surface area contributed by atoms with Crippen molar-refractivity contribution in [3.8, 4) is 11.5 Å². The molecule has 0 saturated heterocycles. The number of anilines is 1. The van der Waals surface area contributed by atoms with Crippen LogP contribution in [0.1, 0.15) is 5.56 Å². The third-order valence-corrected chi connectivity index (χ3v) is 3.99. The van der Waals surface area contributed by atoms with Crippen molar-refractivity contribution in [3.63, 3.8) is 0 Å². The summed E-state index contributed by atoms with van der Waals surface area (Å²) >= 11 is 0. The lowest BCUT2D eigenvalue weighted by molar-refractivity contribution is -0.125. The van der Waals surface area contributed by atoms with E-state index in [4.69, 9.17) is 4.74 Å². The molecular formula is C19H18F2N2O4. The second-order valence-corrected chi connectivity index (χ2v) is 5.86. The zero-order chi connectivity index (χ0) is 19.2. The average molecular weight is 376 g/mol. The Morgan fingerprint density at radius 3 is 2.67 bits per heavy atom. The van der Waals surface area contributed by atoms with Gasteiger partial charge in [0, 0.05) is 6.54 Å². The highest BCUT2D eigenvalue weighted by Crippen LogP contribution is 2.31. The van der Waals surface area contributed by atoms with Crippen LogP contribution in [-0.4, -0.2) is 38.1 Å². The summed E-state index contributed by atoms with van der Waals surface area (Å²) in [4.78, 5) is 25.6. The molecule has 0 aliphatic carbocycles. The number of fused-ring (bicyclic) bond motifs is 1. The van der Waals surface area contributed by atoms with Crippen molar-refractivity contribution in [3.05, 3.63) is 54.1 Å². The molecule has 0 aromatic heterocycles. The van der Waals surface area contributed by atoms with Crippen LogP contribution in [0.3, 0.4) is 0 Å². The van der Waals surface area contributed by atoms with Crippen LogP contribution in [0.4, 0.5) is 14.5 Å². The zero-order valence-electron chi connectivity index (χ0n) is 14.4. The SMILES string of the molecule is O=C(CN1C(=O)COc2ccccc21)NCCc1ccc(OC(F)F)cc1. The van der Waals surface area contributed by atoms with E-state index in [1.165, 1.54) is 17.0 Å². The molecule has 6 nitrogen and oxygen atoms in total. The fraction of sp³-hybridized carbons (Fsp3) is 0.263. The highest BCUT2D eigenvalue weighted by atomic mass is 19.3. The minimum absolute atomic E-state index is 0.0854. The normalized spacial score (nSPS) is 13.1. The van der Waals surface area contributed by atoms with E-state index in [1.54, 1.807) is 36.4 Å². The number of halogens is 2. The molecule has 1 heterocycles. The number of nitrogens with one attached hydrogen (secondary N) is 1. The highest BCUT2D eigenvalue weighted by molar-refractivity contribution is 6.02. The summed E-state index contributed by atoms with van der Waals surface area (Å²) in [7, 11) is 0. The number of hydrogen-bond acceptors (Lipinski definition) is 4. The molecule has 0 radical (unpaired) electrons. The molecule has 8 heteroatoms. The van der Waals surface area contributed by atoms with Crippen LogP contribution in [-0.2, 0) is 16.0 Å². The van der Waals surface area contributed by atoms with Crippen molar-refractivity contribution in [2.24, 2.45) is 0 Å². The van der Waals surface area contributed by atoms with Crippen LogP contribution in [0.15, 0.2) is 48.5 Å². The number of carbonyl (C=O) groups is 2. The molecule has 0 bridgehead atoms. The summed E-state index contributed by atoms with van der Waals surface area (Å²) in [5.41, 5.74) is 1.43. The number of ether oxygens (including phenoxy) is 2. The smallest absolute Gasteiger partial charge is 0.387 e. The number of hydrogen-bond donors (Lipinski definition) is 1. The molecule has 2 amide bonds. The van der Waals surface area contributed by atoms with E-state index in [-0.39, 0.29) is 30.7 Å². The van der Waals surface area contributed by atoms with Crippen LogP contribution >= 0.6 is 0 Å². The van der Waals surface area contributed by atoms with Gasteiger partial charge in [-0.15, -0.1) is 0 Å². The van der Waals surface area contributed by atoms with E-state index < -0.39 is 6.61 Å². The largest absolute Gasteiger partial charge is 0.482 e. The molecule has 1 aliphatic heterocycles. The molecule has 0 unspecified atom stereocenters. The van der Waals surface area contributed by atoms with Gasteiger partial charge in [0.25, 0.3) is 5.91 Å². The minimum Gasteiger partial charge on any atom is -0.482 e. The highest BCUT2D eigenvalue weighted by Gasteiger charge is 2.26. The Hall–Kier alpha value is -3.16. The van der Waals surface area contributed by atoms with E-state index in [0.29, 0.717) is 24.4 Å². The van der Waals surface area contributed by atoms with Gasteiger partial charge in [-0.1, -0.05) is 24.3 Å². The summed E-state index contributed by atoms with van der Waals surface area (Å²) in [5.74, 6) is 0.0782. The van der Waals surface area contributed by atoms with Gasteiger partial charge < -0.3 is 14.8 Å². The molecule has 2 aromatic carbocycles. The number of alkyl halides is 2. The van der Waals surface area contributed by atoms with E-state index in [0.717, 1.165) is 5.56 Å². The number of carbonyl (C=O) groups excluding carboxylic acids is 2. The Bertz CT molecular complexity index is 812. The van der Waals surface area contributed by atoms with Crippen LogP contribution in [0.5, 0.6) is 11.5 Å². The predicted molar refractivity (Wildman–Crippen MR) is 94.1 cm³/mol. The van der Waals surface area contributed by atoms with Crippen LogP contribution in [0, 0.1) is 0 Å². The molecule has 0 spiro atoms. The van der Waals surface area contributed by atoms with Crippen LogP contribution in [0.25, 0.3) is 0 Å². The Balaban J connectivity index is 1.49. The van der Waals surface area contributed by atoms with Crippen molar-refractivity contribution < 1.29 is 27.8 Å². The molecule has 27 heavy (non-hydrogen) atoms. The molecule has 1 N–H and O–H groups in total. The summed E-state index contributed by atoms with van der Waals surface area (Å²) in [6, 6.07) is 13.3. The third kappa shape index (κ3) is 4.93. The first-order valence-electron chi connectivity index (χ1n) is 8.35. The molecule has 2 aromatic rings. The fourth-order valence-corrected chi connectivity index (χ4v) is 2.71. The van der Waals surface area contributed by atoms with Crippen LogP contribution < -0.4 is 19.7 Å². The second kappa shape index (κ2) is 8.48. The van der Waals surface area contributed by atoms with Gasteiger partial charge in [0.2, 0.25) is 5.91 Å². The Morgan fingerprint density at radius 2 is 1.93 bits per heavy atom. The van der Waals surface area contributed by atoms with Crippen molar-refractivity contribution >= 4 is 17.5 Å². The summed E-state index contributed by atoms with van der Waals surface area (Å²) in [6.07, 6.45) is 0.522. The Morgan fingerprint density at radius 1 is 1.19 bits per heavy atom. The number of amides is 2. The van der Waals surface area contributed by atoms with E-state index in [2.05, 4.69) is 10.1 Å². The fourth-order valence-electron chi connectivity index (χ4n) is 2.71. The van der Waals surface area contributed by atoms with E-state index in [9.17, 15) is 18.4 Å². The van der Waals surface area contributed by atoms with Gasteiger partial charge in [-0.3, -0.25) is 14.5 Å². The maximum Gasteiger partial charge on any atom is 0.387 e. The van der Waals surface area contributed by atoms with Gasteiger partial charge in [-0.05, 0) is 36.2 Å². The Labute approximate surface area is 154 Å². The summed E-state index contributed by atoms with van der Waals surface area (Å²) in [5, 5.41) is 2.75. The van der Waals surface area contributed by atoms with Gasteiger partial charge >= 0.3 is 6.61 Å². The molecule has 142 valence electrons. The first-order valence-corrected chi connectivity index (χ1v) is 8.35. The van der Waals surface area contributed by atoms with Crippen molar-refractivity contribution in [2.75, 3.05) is 24.6 Å². The van der Waals surface area contributed by atoms with Gasteiger partial charge in [-0.25, -0.2) is 0 Å². The van der Waals surface area contributed by atoms with Gasteiger partial charge in [-0.2, -0.15) is 8.78 Å². The zero-order valence-corrected chi connectivity index (χ0v) is 14.4. The molecule has 0 atom stereocenters. The monoisotopic (exact) mass is 376 g/mol. The lowest BCUT2D eigenvalue weighted by Gasteiger charge is -2.28. The van der Waals surface area contributed by atoms with Crippen LogP contribution in [0.2, 0.25) is 0 Å². The summed E-state index contributed by atoms with van der Waals surface area (Å²) < 4.78 is 33.9. The molecule has 3 rings (SSSR count). The maximum absolute atomic E-state index is 12.2. The number of para-hydroxylation sites is 2. The van der Waals surface area contributed by atoms with E-state index in [1.807, 2.05) is 0 Å². The number of benzene rings is 2. The van der Waals surface area contributed by atoms with Gasteiger partial charge in [0.15, 0.2) is 6.61 Å². The van der Waals surface area contributed by atoms with Crippen molar-refractivity contribution in [2.45, 2.75) is 13.0 Å². The second-order valence-electron chi connectivity index (χ2n) is 5.86. The quantitative estimate of drug-likeness (QED) is 0.806. The average Bonchev–Trinajstić information content (AvgIpc) is 2.65. The Kier molecular flexibility index (Phi) is 5.85. The third-order valence-electron chi connectivity index (χ3n) is 3.99. The maximum atomic E-state index is 12.2. The minimum atomic E-state index is -2.86. The summed E-state index contributed by atoms with van der Waals surface area (Å²) in [6.45, 7) is -2.70. The predicted octanol–water partition coefficient (Wildman–Crippen LogP) is 2.37. The van der Waals surface area contributed by atoms with Gasteiger partial charge in [0.1, 0.15) is 18.0 Å². The molecule has 0 fully saturated rings. The van der Waals surface area contributed by atoms with E-state index >= 15 is 0 Å². The standard InChI is InChI=1S/C19H18F2N2O4/c20-19(21)27-14-7-5-13(6-8-14)9-10-22-17(24)11-23-15-3-1-2-4-16(15)26-12-18(23)25/h1-8,19H,9-12H2,(H,22,24). The molecule has 0 saturated carbocycles. The number of rotatable bonds is 7. The topological polar surface area (TPSA) is 67.9 Å². The van der Waals surface area contributed by atoms with Crippen molar-refractivity contribution in [1.29, 1.82) is 0 Å². The lowest BCUT2D eigenvalue weighted by Crippen LogP contribution is -2.45. The lowest BCUT2D eigenvalue weighted by atomic mass is 10.1.